The Morgan fingerprint density at radius 2 is 2.58 bits per heavy atom. The fraction of sp³-hybridized carbons (Fsp3) is 0.429. The Morgan fingerprint density at radius 3 is 3.33 bits per heavy atom. The van der Waals surface area contributed by atoms with Crippen LogP contribution in [0.5, 0.6) is 0 Å². The molecule has 3 N–H and O–H groups in total. The Labute approximate surface area is 69.5 Å². The molecule has 0 saturated heterocycles. The van der Waals surface area contributed by atoms with Gasteiger partial charge in [0.15, 0.2) is 0 Å². The lowest BCUT2D eigenvalue weighted by molar-refractivity contribution is 0.0902. The molecule has 0 aliphatic carbocycles. The molecule has 12 heavy (non-hydrogen) atoms. The van der Waals surface area contributed by atoms with E-state index in [2.05, 4.69) is 10.4 Å². The molecule has 2 rings (SSSR count). The second-order valence-electron chi connectivity index (χ2n) is 3.01. The lowest BCUT2D eigenvalue weighted by Crippen LogP contribution is -2.42. The van der Waals surface area contributed by atoms with Crippen molar-refractivity contribution >= 4 is 11.6 Å². The molecular weight excluding hydrogens is 156 g/mol. The minimum absolute atomic E-state index is 0.129. The van der Waals surface area contributed by atoms with Crippen molar-refractivity contribution in [3.63, 3.8) is 0 Å². The number of hydrogen-bond donors (Lipinski definition) is 2. The highest BCUT2D eigenvalue weighted by molar-refractivity contribution is 5.98. The van der Waals surface area contributed by atoms with Crippen LogP contribution in [0.25, 0.3) is 0 Å². The molecule has 64 valence electrons. The highest BCUT2D eigenvalue weighted by atomic mass is 16.2. The number of anilines is 1. The molecule has 5 heteroatoms. The summed E-state index contributed by atoms with van der Waals surface area (Å²) >= 11 is 0. The van der Waals surface area contributed by atoms with Crippen molar-refractivity contribution in [2.45, 2.75) is 19.5 Å². The highest BCUT2D eigenvalue weighted by Gasteiger charge is 2.24. The minimum Gasteiger partial charge on any atom is -0.396 e. The standard InChI is InChI=1S/C7H10N4O/c1-4-3-11-6(7(12)10-4)5(8)2-9-11/h2,4H,3,8H2,1H3,(H,10,12). The van der Waals surface area contributed by atoms with E-state index in [9.17, 15) is 4.79 Å². The first-order valence-corrected chi connectivity index (χ1v) is 3.80. The molecule has 1 aromatic heterocycles. The largest absolute Gasteiger partial charge is 0.396 e. The van der Waals surface area contributed by atoms with Crippen molar-refractivity contribution in [1.82, 2.24) is 15.1 Å². The van der Waals surface area contributed by atoms with E-state index in [1.165, 1.54) is 6.20 Å². The van der Waals surface area contributed by atoms with Gasteiger partial charge in [-0.15, -0.1) is 0 Å². The maximum absolute atomic E-state index is 11.3. The van der Waals surface area contributed by atoms with Crippen LogP contribution in [0.1, 0.15) is 17.4 Å². The van der Waals surface area contributed by atoms with Crippen LogP contribution in [0.3, 0.4) is 0 Å². The van der Waals surface area contributed by atoms with Crippen molar-refractivity contribution in [1.29, 1.82) is 0 Å². The van der Waals surface area contributed by atoms with Gasteiger partial charge in [0, 0.05) is 6.04 Å². The number of nitrogens with one attached hydrogen (secondary N) is 1. The van der Waals surface area contributed by atoms with Crippen molar-refractivity contribution in [2.24, 2.45) is 0 Å². The maximum atomic E-state index is 11.3. The number of hydrogen-bond acceptors (Lipinski definition) is 3. The molecule has 1 unspecified atom stereocenters. The zero-order valence-corrected chi connectivity index (χ0v) is 6.74. The first-order valence-electron chi connectivity index (χ1n) is 3.80. The third-order valence-electron chi connectivity index (χ3n) is 1.91. The van der Waals surface area contributed by atoms with Crippen LogP contribution in [-0.2, 0) is 6.54 Å². The van der Waals surface area contributed by atoms with E-state index in [-0.39, 0.29) is 11.9 Å². The molecule has 0 radical (unpaired) electrons. The SMILES string of the molecule is CC1Cn2ncc(N)c2C(=O)N1. The number of nitrogen functional groups attached to an aromatic ring is 1. The van der Waals surface area contributed by atoms with Gasteiger partial charge in [0.05, 0.1) is 18.4 Å². The summed E-state index contributed by atoms with van der Waals surface area (Å²) in [6.07, 6.45) is 1.51. The zero-order chi connectivity index (χ0) is 8.72. The molecule has 1 aromatic rings. The normalized spacial score (nSPS) is 21.8. The molecule has 1 amide bonds. The van der Waals surface area contributed by atoms with E-state index in [1.807, 2.05) is 6.92 Å². The summed E-state index contributed by atoms with van der Waals surface area (Å²) in [5.41, 5.74) is 6.48. The van der Waals surface area contributed by atoms with Gasteiger partial charge in [-0.2, -0.15) is 5.10 Å². The van der Waals surface area contributed by atoms with E-state index < -0.39 is 0 Å². The molecule has 0 saturated carbocycles. The van der Waals surface area contributed by atoms with Gasteiger partial charge in [-0.25, -0.2) is 0 Å². The number of rotatable bonds is 0. The topological polar surface area (TPSA) is 72.9 Å². The molecule has 5 nitrogen and oxygen atoms in total. The number of carbonyl (C=O) groups excluding carboxylic acids is 1. The number of amides is 1. The van der Waals surface area contributed by atoms with Crippen LogP contribution >= 0.6 is 0 Å². The van der Waals surface area contributed by atoms with Gasteiger partial charge < -0.3 is 11.1 Å². The predicted molar refractivity (Wildman–Crippen MR) is 43.6 cm³/mol. The third-order valence-corrected chi connectivity index (χ3v) is 1.91. The Morgan fingerprint density at radius 1 is 1.83 bits per heavy atom. The lowest BCUT2D eigenvalue weighted by Gasteiger charge is -2.21. The summed E-state index contributed by atoms with van der Waals surface area (Å²) in [5.74, 6) is -0.135. The Bertz CT molecular complexity index is 330. The minimum atomic E-state index is -0.135. The fourth-order valence-electron chi connectivity index (χ4n) is 1.38. The number of fused-ring (bicyclic) bond motifs is 1. The van der Waals surface area contributed by atoms with Crippen LogP contribution < -0.4 is 11.1 Å². The summed E-state index contributed by atoms with van der Waals surface area (Å²) in [6.45, 7) is 2.62. The van der Waals surface area contributed by atoms with E-state index >= 15 is 0 Å². The van der Waals surface area contributed by atoms with E-state index in [4.69, 9.17) is 5.73 Å². The monoisotopic (exact) mass is 166 g/mol. The summed E-state index contributed by atoms with van der Waals surface area (Å²) in [6, 6.07) is 0.129. The number of aromatic nitrogens is 2. The summed E-state index contributed by atoms with van der Waals surface area (Å²) < 4.78 is 1.64. The van der Waals surface area contributed by atoms with Crippen LogP contribution in [0.4, 0.5) is 5.69 Å². The number of nitrogens with zero attached hydrogens (tertiary/aromatic N) is 2. The summed E-state index contributed by atoms with van der Waals surface area (Å²) in [7, 11) is 0. The van der Waals surface area contributed by atoms with Gasteiger partial charge >= 0.3 is 0 Å². The highest BCUT2D eigenvalue weighted by Crippen LogP contribution is 2.14. The third kappa shape index (κ3) is 0.861. The molecule has 1 atom stereocenters. The van der Waals surface area contributed by atoms with Gasteiger partial charge in [0.25, 0.3) is 5.91 Å². The lowest BCUT2D eigenvalue weighted by atomic mass is 10.2. The molecule has 1 aliphatic heterocycles. The Hall–Kier alpha value is -1.52. The second kappa shape index (κ2) is 2.23. The van der Waals surface area contributed by atoms with Crippen molar-refractivity contribution in [2.75, 3.05) is 5.73 Å². The Balaban J connectivity index is 2.50. The van der Waals surface area contributed by atoms with Crippen LogP contribution in [0.15, 0.2) is 6.20 Å². The Kier molecular flexibility index (Phi) is 1.33. The van der Waals surface area contributed by atoms with E-state index in [0.717, 1.165) is 0 Å². The van der Waals surface area contributed by atoms with Gasteiger partial charge in [-0.1, -0.05) is 0 Å². The molecule has 0 aromatic carbocycles. The molecule has 2 heterocycles. The van der Waals surface area contributed by atoms with Gasteiger partial charge in [0.1, 0.15) is 5.69 Å². The smallest absolute Gasteiger partial charge is 0.271 e. The average Bonchev–Trinajstić information content (AvgIpc) is 2.31. The first kappa shape index (κ1) is 7.15. The van der Waals surface area contributed by atoms with Gasteiger partial charge in [0.2, 0.25) is 0 Å². The van der Waals surface area contributed by atoms with Gasteiger partial charge in [-0.05, 0) is 6.92 Å². The maximum Gasteiger partial charge on any atom is 0.271 e. The number of nitrogens with two attached hydrogens (primary N) is 1. The van der Waals surface area contributed by atoms with E-state index in [1.54, 1.807) is 4.68 Å². The first-order chi connectivity index (χ1) is 5.68. The predicted octanol–water partition coefficient (Wildman–Crippen LogP) is -0.403. The molecule has 0 spiro atoms. The van der Waals surface area contributed by atoms with Crippen molar-refractivity contribution in [3.8, 4) is 0 Å². The van der Waals surface area contributed by atoms with Crippen molar-refractivity contribution < 1.29 is 4.79 Å². The molecule has 1 aliphatic rings. The second-order valence-corrected chi connectivity index (χ2v) is 3.01. The van der Waals surface area contributed by atoms with Crippen molar-refractivity contribution in [3.05, 3.63) is 11.9 Å². The average molecular weight is 166 g/mol. The fourth-order valence-corrected chi connectivity index (χ4v) is 1.38. The molecular formula is C7H10N4O. The zero-order valence-electron chi connectivity index (χ0n) is 6.74. The van der Waals surface area contributed by atoms with Gasteiger partial charge in [-0.3, -0.25) is 9.48 Å². The summed E-state index contributed by atoms with van der Waals surface area (Å²) in [4.78, 5) is 11.3. The summed E-state index contributed by atoms with van der Waals surface area (Å²) in [5, 5.41) is 6.77. The molecule has 0 bridgehead atoms. The van der Waals surface area contributed by atoms with Crippen LogP contribution in [0.2, 0.25) is 0 Å². The van der Waals surface area contributed by atoms with Crippen LogP contribution in [0, 0.1) is 0 Å². The van der Waals surface area contributed by atoms with Crippen LogP contribution in [-0.4, -0.2) is 21.7 Å². The van der Waals surface area contributed by atoms with E-state index in [0.29, 0.717) is 17.9 Å². The quantitative estimate of drug-likeness (QED) is 0.550. The molecule has 0 fully saturated rings. The number of carbonyl (C=O) groups is 1.